The fraction of sp³-hybridized carbons (Fsp3) is 0.640. The second-order valence-electron chi connectivity index (χ2n) is 7.92. The van der Waals surface area contributed by atoms with Crippen molar-refractivity contribution in [1.82, 2.24) is 10.2 Å². The smallest absolute Gasteiger partial charge is 0.224 e. The zero-order chi connectivity index (χ0) is 24.4. The average Bonchev–Trinajstić information content (AvgIpc) is 3.01. The lowest BCUT2D eigenvalue weighted by atomic mass is 9.87. The summed E-state index contributed by atoms with van der Waals surface area (Å²) in [6.07, 6.45) is 14.5. The molecule has 1 aliphatic heterocycles. The van der Waals surface area contributed by atoms with E-state index >= 15 is 0 Å². The number of allylic oxidation sites excluding steroid dienone is 4. The lowest BCUT2D eigenvalue weighted by molar-refractivity contribution is -0.134. The number of aliphatic hydroxyl groups is 1. The molecule has 0 spiro atoms. The summed E-state index contributed by atoms with van der Waals surface area (Å²) in [7, 11) is 2.06. The predicted molar refractivity (Wildman–Crippen MR) is 132 cm³/mol. The molecule has 2 N–H and O–H groups in total. The van der Waals surface area contributed by atoms with Crippen molar-refractivity contribution in [2.45, 2.75) is 65.2 Å². The minimum Gasteiger partial charge on any atom is -0.396 e. The Kier molecular flexibility index (Phi) is 17.9. The van der Waals surface area contributed by atoms with Gasteiger partial charge in [-0.3, -0.25) is 4.79 Å². The summed E-state index contributed by atoms with van der Waals surface area (Å²) in [6.45, 7) is 10.2. The average molecular weight is 473 g/mol. The molecular weight excluding hydrogens is 431 g/mol. The van der Waals surface area contributed by atoms with Crippen LogP contribution in [0.25, 0.3) is 0 Å². The lowest BCUT2D eigenvalue weighted by Crippen LogP contribution is -2.28. The monoisotopic (exact) mass is 472 g/mol. The molecule has 1 aliphatic carbocycles. The molecular formula is C25H42ClFN2O3. The second-order valence-corrected chi connectivity index (χ2v) is 8.30. The quantitative estimate of drug-likeness (QED) is 0.244. The lowest BCUT2D eigenvalue weighted by Gasteiger charge is -2.21. The van der Waals surface area contributed by atoms with Gasteiger partial charge in [-0.1, -0.05) is 38.3 Å². The standard InChI is InChI=1S/C20H31ClN2O.C3H7FO2.C2H4/c1-15-18(12-8-5-9-13-21)23(3)16(2)20(15)22-19(24)14-17-10-6-4-7-11-17;4-6-3-1-2-5;1-2/h5,8,12,15,17H,4,6-7,9-11,13-14H2,1-3H3,(H,22,24);5H,1-3H2;1-2H2/b8-5-,18-12+;;. The van der Waals surface area contributed by atoms with E-state index in [1.54, 1.807) is 0 Å². The van der Waals surface area contributed by atoms with E-state index in [9.17, 15) is 9.32 Å². The van der Waals surface area contributed by atoms with E-state index in [1.807, 2.05) is 0 Å². The molecule has 184 valence electrons. The maximum Gasteiger partial charge on any atom is 0.224 e. The Bertz CT molecular complexity index is 612. The van der Waals surface area contributed by atoms with Crippen LogP contribution in [0.3, 0.4) is 0 Å². The molecule has 7 heteroatoms. The Labute approximate surface area is 198 Å². The molecule has 1 atom stereocenters. The van der Waals surface area contributed by atoms with Crippen molar-refractivity contribution >= 4 is 17.5 Å². The maximum atomic E-state index is 12.5. The third-order valence-electron chi connectivity index (χ3n) is 5.69. The number of amides is 1. The summed E-state index contributed by atoms with van der Waals surface area (Å²) >= 11 is 5.70. The summed E-state index contributed by atoms with van der Waals surface area (Å²) in [4.78, 5) is 17.8. The molecule has 32 heavy (non-hydrogen) atoms. The van der Waals surface area contributed by atoms with Crippen LogP contribution in [0.2, 0.25) is 0 Å². The minimum absolute atomic E-state index is 0.00347. The van der Waals surface area contributed by atoms with Gasteiger partial charge in [0.1, 0.15) is 0 Å². The van der Waals surface area contributed by atoms with Gasteiger partial charge in [-0.15, -0.1) is 24.8 Å². The summed E-state index contributed by atoms with van der Waals surface area (Å²) in [5, 5.41) is 11.2. The van der Waals surface area contributed by atoms with Crippen molar-refractivity contribution in [2.75, 3.05) is 26.1 Å². The van der Waals surface area contributed by atoms with E-state index < -0.39 is 0 Å². The first-order chi connectivity index (χ1) is 15.5. The number of nitrogens with one attached hydrogen (secondary N) is 1. The van der Waals surface area contributed by atoms with Crippen LogP contribution in [-0.2, 0) is 9.74 Å². The fourth-order valence-corrected chi connectivity index (χ4v) is 4.01. The summed E-state index contributed by atoms with van der Waals surface area (Å²) < 4.78 is 10.6. The first-order valence-corrected chi connectivity index (χ1v) is 12.0. The highest BCUT2D eigenvalue weighted by molar-refractivity contribution is 6.17. The van der Waals surface area contributed by atoms with E-state index in [4.69, 9.17) is 16.7 Å². The molecule has 1 amide bonds. The van der Waals surface area contributed by atoms with Gasteiger partial charge in [0.25, 0.3) is 0 Å². The van der Waals surface area contributed by atoms with E-state index in [1.165, 1.54) is 37.8 Å². The highest BCUT2D eigenvalue weighted by Crippen LogP contribution is 2.34. The third-order valence-corrected chi connectivity index (χ3v) is 5.91. The van der Waals surface area contributed by atoms with Gasteiger partial charge in [0, 0.05) is 49.0 Å². The van der Waals surface area contributed by atoms with Gasteiger partial charge in [0.05, 0.1) is 6.61 Å². The van der Waals surface area contributed by atoms with Crippen molar-refractivity contribution in [3.8, 4) is 0 Å². The van der Waals surface area contributed by atoms with Crippen molar-refractivity contribution in [3.05, 3.63) is 48.5 Å². The van der Waals surface area contributed by atoms with Gasteiger partial charge in [0.2, 0.25) is 5.91 Å². The van der Waals surface area contributed by atoms with Crippen LogP contribution < -0.4 is 5.32 Å². The first kappa shape index (κ1) is 30.4. The number of carbonyl (C=O) groups excluding carboxylic acids is 1. The van der Waals surface area contributed by atoms with Crippen LogP contribution in [0.5, 0.6) is 0 Å². The van der Waals surface area contributed by atoms with Gasteiger partial charge in [0.15, 0.2) is 0 Å². The molecule has 1 saturated carbocycles. The van der Waals surface area contributed by atoms with E-state index in [0.717, 1.165) is 17.8 Å². The molecule has 0 radical (unpaired) electrons. The van der Waals surface area contributed by atoms with Crippen LogP contribution in [-0.4, -0.2) is 42.1 Å². The highest BCUT2D eigenvalue weighted by Gasteiger charge is 2.30. The van der Waals surface area contributed by atoms with E-state index in [-0.39, 0.29) is 25.0 Å². The Hall–Kier alpha value is -1.63. The topological polar surface area (TPSA) is 61.8 Å². The molecule has 2 rings (SSSR count). The van der Waals surface area contributed by atoms with Crippen LogP contribution in [0, 0.1) is 11.8 Å². The molecule has 5 nitrogen and oxygen atoms in total. The molecule has 1 fully saturated rings. The number of aliphatic hydroxyl groups excluding tert-OH is 1. The third kappa shape index (κ3) is 11.3. The molecule has 0 aromatic heterocycles. The molecule has 0 aromatic carbocycles. The van der Waals surface area contributed by atoms with E-state index in [2.05, 4.69) is 67.4 Å². The maximum absolute atomic E-state index is 12.5. The van der Waals surface area contributed by atoms with Crippen molar-refractivity contribution in [3.63, 3.8) is 0 Å². The molecule has 1 unspecified atom stereocenters. The predicted octanol–water partition coefficient (Wildman–Crippen LogP) is 6.03. The largest absolute Gasteiger partial charge is 0.396 e. The summed E-state index contributed by atoms with van der Waals surface area (Å²) in [6, 6.07) is 0. The van der Waals surface area contributed by atoms with Crippen LogP contribution >= 0.6 is 11.6 Å². The van der Waals surface area contributed by atoms with Crippen molar-refractivity contribution in [2.24, 2.45) is 11.8 Å². The Morgan fingerprint density at radius 3 is 2.53 bits per heavy atom. The number of carbonyl (C=O) groups is 1. The number of alkyl halides is 1. The fourth-order valence-electron chi connectivity index (χ4n) is 3.88. The number of rotatable bonds is 9. The molecule has 0 saturated heterocycles. The molecule has 0 aromatic rings. The molecule has 0 bridgehead atoms. The number of hydrogen-bond acceptors (Lipinski definition) is 4. The SMILES string of the molecule is C=C.CC1=C(NC(=O)CC2CCCCC2)C(C)/C(=C\C=C/CCCl)N1C.OCCCOF. The Morgan fingerprint density at radius 1 is 1.34 bits per heavy atom. The second kappa shape index (κ2) is 18.9. The van der Waals surface area contributed by atoms with Crippen LogP contribution in [0.4, 0.5) is 4.53 Å². The van der Waals surface area contributed by atoms with Gasteiger partial charge in [-0.05, 0) is 49.1 Å². The van der Waals surface area contributed by atoms with Crippen molar-refractivity contribution in [1.29, 1.82) is 0 Å². The zero-order valence-corrected chi connectivity index (χ0v) is 20.8. The van der Waals surface area contributed by atoms with Gasteiger partial charge < -0.3 is 15.3 Å². The Balaban J connectivity index is 0.00000104. The Morgan fingerprint density at radius 2 is 2.00 bits per heavy atom. The highest BCUT2D eigenvalue weighted by atomic mass is 35.5. The number of halogens is 2. The minimum atomic E-state index is -0.0100. The first-order valence-electron chi connectivity index (χ1n) is 11.5. The van der Waals surface area contributed by atoms with Gasteiger partial charge in [-0.25, -0.2) is 0 Å². The van der Waals surface area contributed by atoms with Crippen LogP contribution in [0.1, 0.15) is 65.2 Å². The summed E-state index contributed by atoms with van der Waals surface area (Å²) in [5.74, 6) is 1.61. The summed E-state index contributed by atoms with van der Waals surface area (Å²) in [5.41, 5.74) is 3.40. The van der Waals surface area contributed by atoms with Gasteiger partial charge in [-0.2, -0.15) is 4.94 Å². The normalized spacial score (nSPS) is 20.1. The zero-order valence-electron chi connectivity index (χ0n) is 20.0. The van der Waals surface area contributed by atoms with E-state index in [0.29, 0.717) is 24.6 Å². The molecule has 1 heterocycles. The van der Waals surface area contributed by atoms with Crippen LogP contribution in [0.15, 0.2) is 48.5 Å². The van der Waals surface area contributed by atoms with Gasteiger partial charge >= 0.3 is 0 Å². The van der Waals surface area contributed by atoms with Crippen molar-refractivity contribution < 1.29 is 19.4 Å². The molecule has 2 aliphatic rings. The number of nitrogens with zero attached hydrogens (tertiary/aromatic N) is 1. The number of hydrogen-bond donors (Lipinski definition) is 2.